The molecule has 0 atom stereocenters. The average molecular weight is 1360 g/mol. The molecule has 0 saturated heterocycles. The molecule has 0 bridgehead atoms. The number of aromatic nitrogens is 5. The normalized spacial score (nSPS) is 12.4. The van der Waals surface area contributed by atoms with Crippen LogP contribution in [0, 0.1) is 0 Å². The molecule has 22 rings (SSSR count). The third-order valence-corrected chi connectivity index (χ3v) is 22.4. The van der Waals surface area contributed by atoms with Crippen molar-refractivity contribution in [1.82, 2.24) is 24.1 Å². The van der Waals surface area contributed by atoms with Crippen molar-refractivity contribution < 1.29 is 4.42 Å². The summed E-state index contributed by atoms with van der Waals surface area (Å²) < 4.78 is 11.4. The fourth-order valence-electron chi connectivity index (χ4n) is 17.7. The van der Waals surface area contributed by atoms with E-state index in [1.54, 1.807) is 0 Å². The van der Waals surface area contributed by atoms with Gasteiger partial charge in [-0.15, -0.1) is 0 Å². The van der Waals surface area contributed by atoms with Gasteiger partial charge in [0.15, 0.2) is 5.82 Å². The highest BCUT2D eigenvalue weighted by molar-refractivity contribution is 6.26. The Labute approximate surface area is 616 Å². The number of nitrogens with zero attached hydrogens (tertiary/aromatic N) is 5. The summed E-state index contributed by atoms with van der Waals surface area (Å²) in [7, 11) is 0. The number of benzene rings is 17. The molecule has 6 nitrogen and oxygen atoms in total. The van der Waals surface area contributed by atoms with Crippen LogP contribution in [0.25, 0.3) is 216 Å². The lowest BCUT2D eigenvalue weighted by molar-refractivity contribution is 0.670. The molecule has 4 heterocycles. The third-order valence-electron chi connectivity index (χ3n) is 22.4. The maximum absolute atomic E-state index is 6.93. The zero-order chi connectivity index (χ0) is 70.2. The van der Waals surface area contributed by atoms with Crippen molar-refractivity contribution in [1.29, 1.82) is 0 Å². The molecule has 1 aliphatic rings. The highest BCUT2D eigenvalue weighted by atomic mass is 16.3. The second-order valence-electron chi connectivity index (χ2n) is 28.3. The predicted octanol–water partition coefficient (Wildman–Crippen LogP) is 26.9. The van der Waals surface area contributed by atoms with E-state index in [1.165, 1.54) is 93.1 Å². The summed E-state index contributed by atoms with van der Waals surface area (Å²) in [4.78, 5) is 16.2. The van der Waals surface area contributed by atoms with Gasteiger partial charge < -0.3 is 4.42 Å². The van der Waals surface area contributed by atoms with E-state index < -0.39 is 0 Å². The lowest BCUT2D eigenvalue weighted by Crippen LogP contribution is -2.12. The molecule has 0 unspecified atom stereocenters. The van der Waals surface area contributed by atoms with E-state index in [-0.39, 0.29) is 0 Å². The van der Waals surface area contributed by atoms with Gasteiger partial charge in [0.25, 0.3) is 0 Å². The van der Waals surface area contributed by atoms with E-state index in [0.29, 0.717) is 17.7 Å². The van der Waals surface area contributed by atoms with Crippen LogP contribution in [0.2, 0.25) is 0 Å². The summed E-state index contributed by atoms with van der Waals surface area (Å²) in [5.41, 5.74) is 24.3. The van der Waals surface area contributed by atoms with Crippen LogP contribution in [-0.4, -0.2) is 24.1 Å². The Hall–Kier alpha value is -14.1. The van der Waals surface area contributed by atoms with Crippen molar-refractivity contribution in [2.75, 3.05) is 0 Å². The first-order chi connectivity index (χ1) is 53.1. The summed E-state index contributed by atoms with van der Waals surface area (Å²) in [6.45, 7) is 0. The zero-order valence-corrected chi connectivity index (χ0v) is 58.1. The average Bonchev–Trinajstić information content (AvgIpc) is 1.72. The minimum absolute atomic E-state index is 0.571. The second-order valence-corrected chi connectivity index (χ2v) is 28.3. The van der Waals surface area contributed by atoms with Crippen LogP contribution in [0.1, 0.15) is 17.7 Å². The molecular formula is C101H63N5O. The maximum Gasteiger partial charge on any atom is 0.240 e. The molecule has 4 aromatic heterocycles. The zero-order valence-electron chi connectivity index (χ0n) is 58.1. The topological polar surface area (TPSA) is 61.7 Å². The molecule has 0 N–H and O–H groups in total. The highest BCUT2D eigenvalue weighted by Crippen LogP contribution is 2.51. The maximum atomic E-state index is 6.93. The van der Waals surface area contributed by atoms with Crippen molar-refractivity contribution >= 4 is 115 Å². The minimum atomic E-state index is 0.571. The fraction of sp³-hybridized carbons (Fsp3) is 0.0198. The largest absolute Gasteiger partial charge is 0.455 e. The van der Waals surface area contributed by atoms with Gasteiger partial charge in [0.2, 0.25) is 11.9 Å². The van der Waals surface area contributed by atoms with E-state index in [1.807, 2.05) is 18.2 Å². The predicted molar refractivity (Wildman–Crippen MR) is 447 cm³/mol. The Bertz CT molecular complexity index is 7230. The Morgan fingerprint density at radius 2 is 0.682 bits per heavy atom. The third kappa shape index (κ3) is 9.62. The summed E-state index contributed by atoms with van der Waals surface area (Å²) >= 11 is 0. The van der Waals surface area contributed by atoms with Crippen molar-refractivity contribution in [2.24, 2.45) is 0 Å². The second kappa shape index (κ2) is 24.3. The number of para-hydroxylation sites is 4. The van der Waals surface area contributed by atoms with E-state index in [9.17, 15) is 0 Å². The molecule has 0 fully saturated rings. The van der Waals surface area contributed by atoms with Gasteiger partial charge in [0.05, 0.1) is 16.6 Å². The lowest BCUT2D eigenvalue weighted by Gasteiger charge is -2.21. The molecule has 0 saturated carbocycles. The van der Waals surface area contributed by atoms with E-state index in [0.717, 1.165) is 123 Å². The Balaban J connectivity index is 0.758. The first kappa shape index (κ1) is 60.5. The molecule has 0 amide bonds. The van der Waals surface area contributed by atoms with Crippen molar-refractivity contribution in [3.05, 3.63) is 363 Å². The van der Waals surface area contributed by atoms with Gasteiger partial charge in [0, 0.05) is 54.9 Å². The molecule has 17 aromatic carbocycles. The van der Waals surface area contributed by atoms with Crippen LogP contribution in [0.3, 0.4) is 0 Å². The molecular weight excluding hydrogens is 1300 g/mol. The van der Waals surface area contributed by atoms with Crippen LogP contribution in [0.5, 0.6) is 0 Å². The Morgan fingerprint density at radius 1 is 0.262 bits per heavy atom. The summed E-state index contributed by atoms with van der Waals surface area (Å²) in [5, 5.41) is 17.5. The Morgan fingerprint density at radius 3 is 1.32 bits per heavy atom. The van der Waals surface area contributed by atoms with Crippen molar-refractivity contribution in [3.63, 3.8) is 0 Å². The summed E-state index contributed by atoms with van der Waals surface area (Å²) in [5.74, 6) is 1.77. The first-order valence-corrected chi connectivity index (χ1v) is 36.9. The standard InChI is InChI=1S/C101H63N5O/c1-4-25-64(26-5-1)94-78-37-12-13-38-79(78)97(84-41-23-40-83-77-36-17-21-45-93(77)107-98(83)84)88-61-70(52-56-82(88)94)68-50-54-80-87(59-68)96(66-48-46-63(47-49-66)73-39-22-31-62-24-10-11-32-72(62)73)81-55-51-69(60-86(81)95(80)65-27-6-2-7-28-65)71-53-57-92-85(58-71)76-35-16-20-44-91(76)106(92)101-103-99(67-29-8-3-9-30-67)102-100(104-101)105-89-42-18-14-33-74(89)75-34-15-19-43-90(75)105/h1-19,21-43,45-61H,20,44H2. The summed E-state index contributed by atoms with van der Waals surface area (Å²) in [6.07, 6.45) is 6.36. The number of allylic oxidation sites excluding steroid dienone is 1. The van der Waals surface area contributed by atoms with E-state index in [2.05, 4.69) is 349 Å². The van der Waals surface area contributed by atoms with Gasteiger partial charge in [-0.1, -0.05) is 309 Å². The molecule has 0 aliphatic heterocycles. The first-order valence-electron chi connectivity index (χ1n) is 36.9. The van der Waals surface area contributed by atoms with Crippen LogP contribution in [-0.2, 0) is 6.42 Å². The molecule has 107 heavy (non-hydrogen) atoms. The van der Waals surface area contributed by atoms with Crippen molar-refractivity contribution in [2.45, 2.75) is 12.8 Å². The molecule has 6 heteroatoms. The number of rotatable bonds is 10. The molecule has 1 aliphatic carbocycles. The van der Waals surface area contributed by atoms with E-state index >= 15 is 0 Å². The monoisotopic (exact) mass is 1360 g/mol. The van der Waals surface area contributed by atoms with Crippen LogP contribution in [0.15, 0.2) is 356 Å². The van der Waals surface area contributed by atoms with Gasteiger partial charge in [-0.2, -0.15) is 15.0 Å². The Kier molecular flexibility index (Phi) is 13.7. The van der Waals surface area contributed by atoms with Crippen LogP contribution in [0.4, 0.5) is 0 Å². The van der Waals surface area contributed by atoms with Crippen LogP contribution < -0.4 is 0 Å². The molecule has 0 radical (unpaired) electrons. The minimum Gasteiger partial charge on any atom is -0.455 e. The molecule has 0 spiro atoms. The molecule has 21 aromatic rings. The van der Waals surface area contributed by atoms with Gasteiger partial charge in [-0.25, -0.2) is 0 Å². The molecule has 498 valence electrons. The smallest absolute Gasteiger partial charge is 0.240 e. The highest BCUT2D eigenvalue weighted by Gasteiger charge is 2.27. The number of hydrogen-bond acceptors (Lipinski definition) is 4. The number of hydrogen-bond donors (Lipinski definition) is 0. The van der Waals surface area contributed by atoms with Crippen molar-refractivity contribution in [3.8, 4) is 101 Å². The quantitative estimate of drug-likeness (QED) is 0.128. The lowest BCUT2D eigenvalue weighted by atomic mass is 9.82. The summed E-state index contributed by atoms with van der Waals surface area (Å²) in [6, 6.07) is 127. The van der Waals surface area contributed by atoms with Crippen LogP contribution >= 0.6 is 0 Å². The van der Waals surface area contributed by atoms with Gasteiger partial charge in [-0.3, -0.25) is 9.13 Å². The van der Waals surface area contributed by atoms with Gasteiger partial charge >= 0.3 is 0 Å². The van der Waals surface area contributed by atoms with Gasteiger partial charge in [-0.05, 0) is 182 Å². The van der Waals surface area contributed by atoms with E-state index in [4.69, 9.17) is 19.4 Å². The van der Waals surface area contributed by atoms with Gasteiger partial charge in [0.1, 0.15) is 11.2 Å². The SMILES string of the molecule is C1=Cc2c(n(-c3nc(-c4ccccc4)nc(-n4c5ccccc5c5ccccc54)n3)c3ccc(-c4ccc5c(-c6ccc(-c7cccc8ccccc78)cc6)c6cc(-c7ccc8c(-c9ccccc9)c9ccccc9c(-c9cccc%10c9oc9ccccc9%10)c8c7)ccc6c(-c6ccccc6)c5c4)cc23)CC1. The number of furan rings is 1. The number of fused-ring (bicyclic) bond motifs is 14. The fourth-order valence-corrected chi connectivity index (χ4v) is 17.7.